The van der Waals surface area contributed by atoms with E-state index in [2.05, 4.69) is 17.4 Å². The first-order valence-corrected chi connectivity index (χ1v) is 11.2. The first-order chi connectivity index (χ1) is 15.5. The van der Waals surface area contributed by atoms with Gasteiger partial charge in [0, 0.05) is 17.8 Å². The Labute approximate surface area is 189 Å². The molecule has 0 bridgehead atoms. The van der Waals surface area contributed by atoms with Gasteiger partial charge >= 0.3 is 6.03 Å². The zero-order valence-corrected chi connectivity index (χ0v) is 19.2. The van der Waals surface area contributed by atoms with E-state index in [1.165, 1.54) is 5.56 Å². The van der Waals surface area contributed by atoms with Gasteiger partial charge in [0.05, 0.1) is 11.6 Å². The van der Waals surface area contributed by atoms with Crippen LogP contribution in [0.1, 0.15) is 61.7 Å². The second kappa shape index (κ2) is 9.39. The van der Waals surface area contributed by atoms with Crippen LogP contribution in [0.2, 0.25) is 0 Å². The molecule has 0 radical (unpaired) electrons. The number of rotatable bonds is 7. The van der Waals surface area contributed by atoms with Crippen LogP contribution in [0.5, 0.6) is 0 Å². The summed E-state index contributed by atoms with van der Waals surface area (Å²) in [5.74, 6) is 0.978. The van der Waals surface area contributed by atoms with E-state index in [4.69, 9.17) is 9.51 Å². The van der Waals surface area contributed by atoms with Crippen molar-refractivity contribution >= 4 is 11.6 Å². The molecule has 1 atom stereocenters. The van der Waals surface area contributed by atoms with Crippen LogP contribution in [0.3, 0.4) is 0 Å². The highest BCUT2D eigenvalue weighted by Crippen LogP contribution is 2.37. The molecule has 0 saturated heterocycles. The predicted molar refractivity (Wildman–Crippen MR) is 126 cm³/mol. The Hall–Kier alpha value is -3.41. The highest BCUT2D eigenvalue weighted by Gasteiger charge is 2.35. The number of nitrogens with zero attached hydrogens (tertiary/aromatic N) is 3. The average Bonchev–Trinajstić information content (AvgIpc) is 3.26. The van der Waals surface area contributed by atoms with Crippen LogP contribution >= 0.6 is 0 Å². The zero-order chi connectivity index (χ0) is 22.7. The van der Waals surface area contributed by atoms with Gasteiger partial charge in [0.2, 0.25) is 5.82 Å². The maximum absolute atomic E-state index is 13.0. The molecule has 3 aromatic rings. The number of amides is 2. The molecule has 2 aromatic carbocycles. The van der Waals surface area contributed by atoms with Gasteiger partial charge in [-0.1, -0.05) is 78.5 Å². The SMILES string of the molecule is CCCCCN1C(=O)NC(c2ccc(C)cc2)C(c2nc(-c3cccc(C)c3)no2)=C1C. The molecule has 1 aliphatic heterocycles. The highest BCUT2D eigenvalue weighted by molar-refractivity contribution is 5.86. The van der Waals surface area contributed by atoms with Crippen molar-refractivity contribution in [2.45, 2.75) is 53.0 Å². The normalized spacial score (nSPS) is 16.4. The molecule has 0 fully saturated rings. The van der Waals surface area contributed by atoms with Crippen molar-refractivity contribution in [2.75, 3.05) is 6.54 Å². The molecule has 1 aliphatic rings. The summed E-state index contributed by atoms with van der Waals surface area (Å²) in [5.41, 5.74) is 5.89. The Morgan fingerprint density at radius 3 is 2.53 bits per heavy atom. The first kappa shape index (κ1) is 21.8. The van der Waals surface area contributed by atoms with Crippen molar-refractivity contribution in [3.8, 4) is 11.4 Å². The van der Waals surface area contributed by atoms with E-state index >= 15 is 0 Å². The van der Waals surface area contributed by atoms with E-state index in [1.807, 2.05) is 69.3 Å². The van der Waals surface area contributed by atoms with Gasteiger partial charge in [-0.05, 0) is 38.8 Å². The molecule has 1 unspecified atom stereocenters. The van der Waals surface area contributed by atoms with E-state index in [1.54, 1.807) is 4.90 Å². The van der Waals surface area contributed by atoms with Gasteiger partial charge in [-0.2, -0.15) is 4.98 Å². The highest BCUT2D eigenvalue weighted by atomic mass is 16.5. The lowest BCUT2D eigenvalue weighted by molar-refractivity contribution is 0.204. The summed E-state index contributed by atoms with van der Waals surface area (Å²) in [6.45, 7) is 8.87. The largest absolute Gasteiger partial charge is 0.334 e. The molecule has 1 aromatic heterocycles. The Bertz CT molecular complexity index is 1130. The molecule has 0 aliphatic carbocycles. The van der Waals surface area contributed by atoms with Crippen molar-refractivity contribution < 1.29 is 9.32 Å². The van der Waals surface area contributed by atoms with Crippen LogP contribution in [-0.2, 0) is 0 Å². The lowest BCUT2D eigenvalue weighted by Crippen LogP contribution is -2.46. The van der Waals surface area contributed by atoms with Crippen LogP contribution in [0.15, 0.2) is 58.8 Å². The van der Waals surface area contributed by atoms with Gasteiger partial charge in [0.15, 0.2) is 0 Å². The standard InChI is InChI=1S/C26H30N4O2/c1-5-6-7-15-30-19(4)22(23(27-26(30)31)20-13-11-17(2)12-14-20)25-28-24(29-32-25)21-10-8-9-18(3)16-21/h8-14,16,23H,5-7,15H2,1-4H3,(H,27,31). The summed E-state index contributed by atoms with van der Waals surface area (Å²) >= 11 is 0. The molecule has 2 amide bonds. The molecule has 6 heteroatoms. The number of hydrogen-bond donors (Lipinski definition) is 1. The minimum Gasteiger partial charge on any atom is -0.334 e. The predicted octanol–water partition coefficient (Wildman–Crippen LogP) is 6.04. The van der Waals surface area contributed by atoms with Crippen molar-refractivity contribution in [1.29, 1.82) is 0 Å². The molecule has 4 rings (SSSR count). The van der Waals surface area contributed by atoms with Gasteiger partial charge in [0.1, 0.15) is 0 Å². The number of nitrogens with one attached hydrogen (secondary N) is 1. The maximum Gasteiger partial charge on any atom is 0.322 e. The summed E-state index contributed by atoms with van der Waals surface area (Å²) in [6, 6.07) is 15.8. The minimum atomic E-state index is -0.351. The number of benzene rings is 2. The third-order valence-corrected chi connectivity index (χ3v) is 5.92. The number of allylic oxidation sites excluding steroid dienone is 1. The van der Waals surface area contributed by atoms with E-state index < -0.39 is 0 Å². The number of carbonyl (C=O) groups excluding carboxylic acids is 1. The Morgan fingerprint density at radius 2 is 1.81 bits per heavy atom. The van der Waals surface area contributed by atoms with Crippen molar-refractivity contribution in [1.82, 2.24) is 20.4 Å². The Kier molecular flexibility index (Phi) is 6.40. The first-order valence-electron chi connectivity index (χ1n) is 11.2. The fourth-order valence-corrected chi connectivity index (χ4v) is 4.09. The fraction of sp³-hybridized carbons (Fsp3) is 0.346. The summed E-state index contributed by atoms with van der Waals surface area (Å²) in [7, 11) is 0. The second-order valence-electron chi connectivity index (χ2n) is 8.44. The van der Waals surface area contributed by atoms with E-state index in [9.17, 15) is 4.79 Å². The van der Waals surface area contributed by atoms with Crippen LogP contribution < -0.4 is 5.32 Å². The van der Waals surface area contributed by atoms with E-state index in [0.717, 1.165) is 47.2 Å². The number of hydrogen-bond acceptors (Lipinski definition) is 4. The third-order valence-electron chi connectivity index (χ3n) is 5.92. The van der Waals surface area contributed by atoms with Crippen LogP contribution in [0, 0.1) is 13.8 Å². The zero-order valence-electron chi connectivity index (χ0n) is 19.2. The van der Waals surface area contributed by atoms with Gasteiger partial charge in [-0.25, -0.2) is 4.79 Å². The van der Waals surface area contributed by atoms with Crippen LogP contribution in [0.4, 0.5) is 4.79 Å². The van der Waals surface area contributed by atoms with Crippen molar-refractivity contribution in [3.05, 3.63) is 76.8 Å². The molecule has 0 spiro atoms. The van der Waals surface area contributed by atoms with E-state index in [-0.39, 0.29) is 12.1 Å². The Balaban J connectivity index is 1.77. The monoisotopic (exact) mass is 430 g/mol. The molecular weight excluding hydrogens is 400 g/mol. The summed E-state index contributed by atoms with van der Waals surface area (Å²) in [4.78, 5) is 19.5. The topological polar surface area (TPSA) is 71.3 Å². The molecule has 2 heterocycles. The number of aryl methyl sites for hydroxylation is 2. The van der Waals surface area contributed by atoms with Crippen LogP contribution in [0.25, 0.3) is 17.0 Å². The quantitative estimate of drug-likeness (QED) is 0.464. The van der Waals surface area contributed by atoms with E-state index in [0.29, 0.717) is 18.3 Å². The van der Waals surface area contributed by atoms with Crippen molar-refractivity contribution in [2.24, 2.45) is 0 Å². The average molecular weight is 431 g/mol. The fourth-order valence-electron chi connectivity index (χ4n) is 4.09. The second-order valence-corrected chi connectivity index (χ2v) is 8.44. The molecule has 0 saturated carbocycles. The maximum atomic E-state index is 13.0. The smallest absolute Gasteiger partial charge is 0.322 e. The lowest BCUT2D eigenvalue weighted by Gasteiger charge is -2.35. The molecule has 166 valence electrons. The van der Waals surface area contributed by atoms with Gasteiger partial charge in [-0.3, -0.25) is 4.90 Å². The number of urea groups is 1. The van der Waals surface area contributed by atoms with Gasteiger partial charge < -0.3 is 9.84 Å². The van der Waals surface area contributed by atoms with Gasteiger partial charge in [0.25, 0.3) is 5.89 Å². The summed E-state index contributed by atoms with van der Waals surface area (Å²) in [5, 5.41) is 7.42. The molecule has 32 heavy (non-hydrogen) atoms. The number of unbranched alkanes of at least 4 members (excludes halogenated alkanes) is 2. The number of carbonyl (C=O) groups is 1. The van der Waals surface area contributed by atoms with Crippen LogP contribution in [-0.4, -0.2) is 27.6 Å². The third kappa shape index (κ3) is 4.44. The summed E-state index contributed by atoms with van der Waals surface area (Å²) in [6.07, 6.45) is 3.12. The summed E-state index contributed by atoms with van der Waals surface area (Å²) < 4.78 is 5.76. The Morgan fingerprint density at radius 1 is 1.03 bits per heavy atom. The minimum absolute atomic E-state index is 0.0913. The lowest BCUT2D eigenvalue weighted by atomic mass is 9.94. The molecule has 6 nitrogen and oxygen atoms in total. The molecular formula is C26H30N4O2. The van der Waals surface area contributed by atoms with Gasteiger partial charge in [-0.15, -0.1) is 0 Å². The number of aromatic nitrogens is 2. The van der Waals surface area contributed by atoms with Crippen molar-refractivity contribution in [3.63, 3.8) is 0 Å². The molecule has 1 N–H and O–H groups in total.